The van der Waals surface area contributed by atoms with Gasteiger partial charge in [-0.25, -0.2) is 0 Å². The molecule has 2 aliphatic carbocycles. The predicted octanol–water partition coefficient (Wildman–Crippen LogP) is 17.5. The normalized spacial score (nSPS) is 14.2. The van der Waals surface area contributed by atoms with Gasteiger partial charge in [0.15, 0.2) is 0 Å². The van der Waals surface area contributed by atoms with Crippen LogP contribution in [0.1, 0.15) is 61.1 Å². The maximum atomic E-state index is 6.78. The number of benzene rings is 9. The van der Waals surface area contributed by atoms with E-state index in [4.69, 9.17) is 8.83 Å². The highest BCUT2D eigenvalue weighted by molar-refractivity contribution is 6.20. The topological polar surface area (TPSA) is 29.5 Å². The van der Waals surface area contributed by atoms with E-state index in [0.717, 1.165) is 66.7 Å². The lowest BCUT2D eigenvalue weighted by molar-refractivity contribution is 0.657. The zero-order valence-corrected chi connectivity index (χ0v) is 37.5. The van der Waals surface area contributed by atoms with Crippen molar-refractivity contribution >= 4 is 60.9 Å². The Hall–Kier alpha value is -7.62. The van der Waals surface area contributed by atoms with E-state index in [9.17, 15) is 0 Å². The molecular formula is C62H47NO2. The molecule has 3 nitrogen and oxygen atoms in total. The quantitative estimate of drug-likeness (QED) is 0.173. The molecule has 0 radical (unpaired) electrons. The number of rotatable bonds is 5. The van der Waals surface area contributed by atoms with Crippen LogP contribution in [0.4, 0.5) is 17.1 Å². The van der Waals surface area contributed by atoms with Gasteiger partial charge >= 0.3 is 0 Å². The Balaban J connectivity index is 1.02. The van der Waals surface area contributed by atoms with Crippen molar-refractivity contribution in [3.8, 4) is 44.5 Å². The van der Waals surface area contributed by atoms with Crippen molar-refractivity contribution < 1.29 is 8.83 Å². The molecule has 0 saturated heterocycles. The molecule has 312 valence electrons. The van der Waals surface area contributed by atoms with E-state index < -0.39 is 0 Å². The molecule has 0 amide bonds. The summed E-state index contributed by atoms with van der Waals surface area (Å²) in [6.07, 6.45) is 0. The highest BCUT2D eigenvalue weighted by Gasteiger charge is 2.41. The standard InChI is InChI=1S/C62H47NO2/c1-36-25-30-52(37(2)31-36)63(40-26-28-42-48(32-40)61(3,4)50-34-46(38-17-9-7-10-18-38)59-57(55(42)50)44-21-13-15-23-53(44)64-59)41-27-29-43-49(33-41)62(5,6)51-35-47(39-19-11-8-12-20-39)60-58(56(43)51)45-22-14-16-24-54(45)65-60/h7-35H,1-6H3. The lowest BCUT2D eigenvalue weighted by Gasteiger charge is -2.31. The first-order valence-corrected chi connectivity index (χ1v) is 22.8. The Morgan fingerprint density at radius 2 is 0.846 bits per heavy atom. The van der Waals surface area contributed by atoms with Gasteiger partial charge in [0.2, 0.25) is 0 Å². The van der Waals surface area contributed by atoms with Crippen LogP contribution in [0, 0.1) is 13.8 Å². The summed E-state index contributed by atoms with van der Waals surface area (Å²) in [7, 11) is 0. The van der Waals surface area contributed by atoms with Crippen molar-refractivity contribution in [1.29, 1.82) is 0 Å². The SMILES string of the molecule is Cc1ccc(N(c2ccc3c(c2)C(C)(C)c2cc(-c4ccccc4)c4oc5ccccc5c4c2-3)c2ccc3c(c2)C(C)(C)c2cc(-c4ccccc4)c4oc5ccccc5c4c2-3)c(C)c1. The number of hydrogen-bond donors (Lipinski definition) is 0. The maximum Gasteiger partial charge on any atom is 0.143 e. The van der Waals surface area contributed by atoms with Gasteiger partial charge in [-0.15, -0.1) is 0 Å². The number of anilines is 3. The maximum absolute atomic E-state index is 6.78. The van der Waals surface area contributed by atoms with E-state index in [1.807, 2.05) is 0 Å². The molecule has 0 unspecified atom stereocenters. The van der Waals surface area contributed by atoms with Gasteiger partial charge in [-0.3, -0.25) is 0 Å². The van der Waals surface area contributed by atoms with Crippen LogP contribution >= 0.6 is 0 Å². The van der Waals surface area contributed by atoms with Gasteiger partial charge in [-0.05, 0) is 130 Å². The van der Waals surface area contributed by atoms with E-state index in [1.54, 1.807) is 0 Å². The van der Waals surface area contributed by atoms with Gasteiger partial charge in [-0.1, -0.05) is 155 Å². The summed E-state index contributed by atoms with van der Waals surface area (Å²) >= 11 is 0. The molecule has 0 atom stereocenters. The van der Waals surface area contributed by atoms with Crippen molar-refractivity contribution in [3.05, 3.63) is 209 Å². The highest BCUT2D eigenvalue weighted by Crippen LogP contribution is 2.59. The lowest BCUT2D eigenvalue weighted by atomic mass is 9.80. The molecule has 9 aromatic carbocycles. The number of furan rings is 2. The Kier molecular flexibility index (Phi) is 7.84. The van der Waals surface area contributed by atoms with Gasteiger partial charge in [0, 0.05) is 60.6 Å². The smallest absolute Gasteiger partial charge is 0.143 e. The van der Waals surface area contributed by atoms with E-state index in [0.29, 0.717) is 0 Å². The van der Waals surface area contributed by atoms with Crippen LogP contribution in [0.5, 0.6) is 0 Å². The molecule has 0 saturated carbocycles. The first kappa shape index (κ1) is 37.9. The Labute approximate surface area is 379 Å². The summed E-state index contributed by atoms with van der Waals surface area (Å²) in [4.78, 5) is 2.49. The number of fused-ring (bicyclic) bond motifs is 14. The minimum atomic E-state index is -0.290. The third kappa shape index (κ3) is 5.30. The van der Waals surface area contributed by atoms with Crippen molar-refractivity contribution in [3.63, 3.8) is 0 Å². The van der Waals surface area contributed by atoms with E-state index in [-0.39, 0.29) is 10.8 Å². The molecule has 3 heteroatoms. The van der Waals surface area contributed by atoms with Crippen LogP contribution in [0.3, 0.4) is 0 Å². The molecule has 65 heavy (non-hydrogen) atoms. The molecule has 11 aromatic rings. The zero-order chi connectivity index (χ0) is 43.9. The van der Waals surface area contributed by atoms with Crippen LogP contribution in [0.15, 0.2) is 185 Å². The summed E-state index contributed by atoms with van der Waals surface area (Å²) in [5.41, 5.74) is 24.0. The van der Waals surface area contributed by atoms with E-state index >= 15 is 0 Å². The monoisotopic (exact) mass is 837 g/mol. The molecule has 0 bridgehead atoms. The third-order valence-corrected chi connectivity index (χ3v) is 14.8. The Morgan fingerprint density at radius 3 is 1.31 bits per heavy atom. The number of para-hydroxylation sites is 2. The van der Waals surface area contributed by atoms with E-state index in [1.165, 1.54) is 72.1 Å². The van der Waals surface area contributed by atoms with Crippen LogP contribution in [-0.4, -0.2) is 0 Å². The largest absolute Gasteiger partial charge is 0.455 e. The van der Waals surface area contributed by atoms with Crippen LogP contribution in [0.2, 0.25) is 0 Å². The Morgan fingerprint density at radius 1 is 0.400 bits per heavy atom. The average Bonchev–Trinajstić information content (AvgIpc) is 4.03. The summed E-state index contributed by atoms with van der Waals surface area (Å²) in [6, 6.07) is 64.4. The molecule has 2 heterocycles. The average molecular weight is 838 g/mol. The minimum Gasteiger partial charge on any atom is -0.455 e. The second-order valence-electron chi connectivity index (χ2n) is 19.4. The second-order valence-corrected chi connectivity index (χ2v) is 19.4. The van der Waals surface area contributed by atoms with Gasteiger partial charge in [0.1, 0.15) is 22.3 Å². The summed E-state index contributed by atoms with van der Waals surface area (Å²) < 4.78 is 13.6. The number of nitrogens with zero attached hydrogens (tertiary/aromatic N) is 1. The molecule has 13 rings (SSSR count). The summed E-state index contributed by atoms with van der Waals surface area (Å²) in [5.74, 6) is 0. The molecular weight excluding hydrogens is 791 g/mol. The minimum absolute atomic E-state index is 0.290. The van der Waals surface area contributed by atoms with Gasteiger partial charge in [0.05, 0.1) is 0 Å². The molecule has 0 aliphatic heterocycles. The van der Waals surface area contributed by atoms with Crippen LogP contribution in [-0.2, 0) is 10.8 Å². The van der Waals surface area contributed by atoms with Crippen LogP contribution in [0.25, 0.3) is 88.4 Å². The predicted molar refractivity (Wildman–Crippen MR) is 271 cm³/mol. The first-order chi connectivity index (χ1) is 31.6. The fourth-order valence-corrected chi connectivity index (χ4v) is 11.6. The molecule has 0 spiro atoms. The van der Waals surface area contributed by atoms with Crippen molar-refractivity contribution in [2.24, 2.45) is 0 Å². The lowest BCUT2D eigenvalue weighted by Crippen LogP contribution is -2.18. The van der Waals surface area contributed by atoms with E-state index in [2.05, 4.69) is 222 Å². The highest BCUT2D eigenvalue weighted by atomic mass is 16.3. The molecule has 0 fully saturated rings. The zero-order valence-electron chi connectivity index (χ0n) is 37.5. The Bertz CT molecular complexity index is 3560. The summed E-state index contributed by atoms with van der Waals surface area (Å²) in [6.45, 7) is 14.0. The first-order valence-electron chi connectivity index (χ1n) is 22.8. The van der Waals surface area contributed by atoms with Gasteiger partial charge in [-0.2, -0.15) is 0 Å². The van der Waals surface area contributed by atoms with Gasteiger partial charge < -0.3 is 13.7 Å². The van der Waals surface area contributed by atoms with Crippen LogP contribution < -0.4 is 4.90 Å². The van der Waals surface area contributed by atoms with Gasteiger partial charge in [0.25, 0.3) is 0 Å². The fraction of sp³-hybridized carbons (Fsp3) is 0.129. The molecule has 2 aliphatic rings. The molecule has 0 N–H and O–H groups in total. The third-order valence-electron chi connectivity index (χ3n) is 14.8. The number of aryl methyl sites for hydroxylation is 2. The second kappa shape index (κ2) is 13.5. The number of hydrogen-bond acceptors (Lipinski definition) is 3. The van der Waals surface area contributed by atoms with Crippen molar-refractivity contribution in [2.75, 3.05) is 4.90 Å². The summed E-state index contributed by atoms with van der Waals surface area (Å²) in [5, 5.41) is 4.69. The fourth-order valence-electron chi connectivity index (χ4n) is 11.6. The molecule has 2 aromatic heterocycles. The van der Waals surface area contributed by atoms with Crippen molar-refractivity contribution in [2.45, 2.75) is 52.4 Å². The van der Waals surface area contributed by atoms with Crippen molar-refractivity contribution in [1.82, 2.24) is 0 Å².